The lowest BCUT2D eigenvalue weighted by Crippen LogP contribution is -2.40. The molecule has 2 aromatic carbocycles. The van der Waals surface area contributed by atoms with Crippen molar-refractivity contribution < 1.29 is 9.84 Å². The summed E-state index contributed by atoms with van der Waals surface area (Å²) in [6.45, 7) is 7.21. The van der Waals surface area contributed by atoms with Crippen LogP contribution in [-0.2, 0) is 11.8 Å². The molecule has 1 aliphatic heterocycles. The summed E-state index contributed by atoms with van der Waals surface area (Å²) < 4.78 is 5.92. The van der Waals surface area contributed by atoms with Crippen LogP contribution in [0.1, 0.15) is 38.3 Å². The Balaban J connectivity index is 1.31. The van der Waals surface area contributed by atoms with E-state index in [2.05, 4.69) is 53.4 Å². The molecule has 176 valence electrons. The van der Waals surface area contributed by atoms with E-state index < -0.39 is 5.60 Å². The van der Waals surface area contributed by atoms with Gasteiger partial charge in [-0.15, -0.1) is 0 Å². The second-order valence-corrected chi connectivity index (χ2v) is 10.6. The van der Waals surface area contributed by atoms with Crippen molar-refractivity contribution in [3.63, 3.8) is 0 Å². The first-order valence-electron chi connectivity index (χ1n) is 11.7. The largest absolute Gasteiger partial charge is 0.493 e. The van der Waals surface area contributed by atoms with Gasteiger partial charge in [0, 0.05) is 34.5 Å². The molecular weight excluding hydrogens is 446 g/mol. The lowest BCUT2D eigenvalue weighted by Gasteiger charge is -2.35. The molecule has 1 atom stereocenters. The summed E-state index contributed by atoms with van der Waals surface area (Å²) in [4.78, 5) is 7.95. The number of hydrogen-bond donors (Lipinski definition) is 3. The van der Waals surface area contributed by atoms with Crippen LogP contribution in [0.25, 0.3) is 22.2 Å². The molecule has 0 radical (unpaired) electrons. The van der Waals surface area contributed by atoms with Crippen molar-refractivity contribution in [2.75, 3.05) is 18.5 Å². The fourth-order valence-electron chi connectivity index (χ4n) is 5.06. The number of nitrogens with zero attached hydrogens (tertiary/aromatic N) is 1. The normalized spacial score (nSPS) is 15.1. The number of aromatic nitrogens is 2. The van der Waals surface area contributed by atoms with E-state index in [0.717, 1.165) is 51.3 Å². The van der Waals surface area contributed by atoms with Gasteiger partial charge in [0.15, 0.2) is 0 Å². The van der Waals surface area contributed by atoms with Gasteiger partial charge in [0.2, 0.25) is 0 Å². The molecule has 0 bridgehead atoms. The van der Waals surface area contributed by atoms with Crippen LogP contribution in [0.3, 0.4) is 0 Å². The van der Waals surface area contributed by atoms with Crippen LogP contribution >= 0.6 is 11.6 Å². The van der Waals surface area contributed by atoms with Crippen LogP contribution in [0.15, 0.2) is 60.8 Å². The zero-order chi connectivity index (χ0) is 23.9. The molecule has 4 aromatic rings. The highest BCUT2D eigenvalue weighted by Gasteiger charge is 2.35. The molecule has 0 fully saturated rings. The highest BCUT2D eigenvalue weighted by molar-refractivity contribution is 6.30. The van der Waals surface area contributed by atoms with E-state index >= 15 is 0 Å². The average molecular weight is 476 g/mol. The number of aliphatic hydroxyl groups is 1. The Kier molecular flexibility index (Phi) is 5.78. The maximum atomic E-state index is 11.3. The summed E-state index contributed by atoms with van der Waals surface area (Å²) in [6, 6.07) is 18.2. The van der Waals surface area contributed by atoms with Gasteiger partial charge < -0.3 is 20.1 Å². The molecule has 3 N–H and O–H groups in total. The van der Waals surface area contributed by atoms with Crippen molar-refractivity contribution >= 4 is 28.3 Å². The summed E-state index contributed by atoms with van der Waals surface area (Å²) in [6.07, 6.45) is 3.27. The van der Waals surface area contributed by atoms with Crippen LogP contribution in [0.4, 0.5) is 5.82 Å². The first-order chi connectivity index (χ1) is 16.2. The van der Waals surface area contributed by atoms with Crippen molar-refractivity contribution in [3.05, 3.63) is 76.9 Å². The summed E-state index contributed by atoms with van der Waals surface area (Å²) >= 11 is 6.40. The topological polar surface area (TPSA) is 70.2 Å². The van der Waals surface area contributed by atoms with E-state index in [9.17, 15) is 5.11 Å². The Morgan fingerprint density at radius 1 is 1.12 bits per heavy atom. The summed E-state index contributed by atoms with van der Waals surface area (Å²) in [5, 5.41) is 16.5. The number of hydrogen-bond acceptors (Lipinski definition) is 4. The predicted octanol–water partition coefficient (Wildman–Crippen LogP) is 6.35. The number of pyridine rings is 1. The molecule has 3 heterocycles. The van der Waals surface area contributed by atoms with Crippen molar-refractivity contribution in [2.45, 2.75) is 44.6 Å². The quantitative estimate of drug-likeness (QED) is 0.291. The minimum Gasteiger partial charge on any atom is -0.493 e. The zero-order valence-corrected chi connectivity index (χ0v) is 20.5. The summed E-state index contributed by atoms with van der Waals surface area (Å²) in [7, 11) is 0. The minimum atomic E-state index is -0.956. The number of H-pyrrole nitrogens is 1. The molecule has 1 aliphatic rings. The van der Waals surface area contributed by atoms with E-state index in [1.54, 1.807) is 0 Å². The number of ether oxygens (including phenoxy) is 1. The Hall–Kier alpha value is -3.02. The zero-order valence-electron chi connectivity index (χ0n) is 19.8. The van der Waals surface area contributed by atoms with Gasteiger partial charge in [-0.3, -0.25) is 4.98 Å². The fraction of sp³-hybridized carbons (Fsp3) is 0.321. The molecule has 5 nitrogen and oxygen atoms in total. The Morgan fingerprint density at radius 2 is 1.91 bits per heavy atom. The molecule has 0 amide bonds. The molecule has 2 aromatic heterocycles. The van der Waals surface area contributed by atoms with E-state index in [0.29, 0.717) is 24.6 Å². The molecule has 0 saturated carbocycles. The number of rotatable bonds is 7. The SMILES string of the molecule is CC(O)(CNc1cc2cc(-c3ccccc3)ncc2[nH]1)CC(C)(C)c1cc(Cl)cc2c1OCC2. The molecule has 6 heteroatoms. The second-order valence-electron chi connectivity index (χ2n) is 10.2. The van der Waals surface area contributed by atoms with Crippen LogP contribution in [0.5, 0.6) is 5.75 Å². The van der Waals surface area contributed by atoms with Gasteiger partial charge in [0.25, 0.3) is 0 Å². The third kappa shape index (κ3) is 4.63. The van der Waals surface area contributed by atoms with Gasteiger partial charge in [-0.05, 0) is 48.6 Å². The molecule has 5 rings (SSSR count). The van der Waals surface area contributed by atoms with Crippen LogP contribution < -0.4 is 10.1 Å². The number of nitrogens with one attached hydrogen (secondary N) is 2. The number of halogens is 1. The third-order valence-electron chi connectivity index (χ3n) is 6.53. The van der Waals surface area contributed by atoms with E-state index in [-0.39, 0.29) is 5.41 Å². The van der Waals surface area contributed by atoms with Gasteiger partial charge in [-0.25, -0.2) is 0 Å². The van der Waals surface area contributed by atoms with E-state index in [1.165, 1.54) is 0 Å². The van der Waals surface area contributed by atoms with Crippen molar-refractivity contribution in [2.24, 2.45) is 0 Å². The van der Waals surface area contributed by atoms with Crippen LogP contribution in [-0.4, -0.2) is 33.8 Å². The minimum absolute atomic E-state index is 0.320. The van der Waals surface area contributed by atoms with E-state index in [4.69, 9.17) is 16.3 Å². The Morgan fingerprint density at radius 3 is 2.71 bits per heavy atom. The molecule has 0 aliphatic carbocycles. The summed E-state index contributed by atoms with van der Waals surface area (Å²) in [5.41, 5.74) is 3.90. The standard InChI is InChI=1S/C28H30ClN3O2/c1-27(2,22-14-21(29)11-19-9-10-34-26(19)22)16-28(3,33)17-31-25-13-20-12-23(30-15-24(20)32-25)18-7-5-4-6-8-18/h4-8,11-15,31-33H,9-10,16-17H2,1-3H3. The van der Waals surface area contributed by atoms with Gasteiger partial charge in [0.05, 0.1) is 29.6 Å². The average Bonchev–Trinajstić information content (AvgIpc) is 3.43. The van der Waals surface area contributed by atoms with E-state index in [1.807, 2.05) is 43.5 Å². The lowest BCUT2D eigenvalue weighted by atomic mass is 9.75. The Bertz CT molecular complexity index is 1330. The highest BCUT2D eigenvalue weighted by Crippen LogP contribution is 2.43. The van der Waals surface area contributed by atoms with Crippen LogP contribution in [0.2, 0.25) is 5.02 Å². The maximum absolute atomic E-state index is 11.3. The Labute approximate surface area is 205 Å². The number of aromatic amines is 1. The number of fused-ring (bicyclic) bond motifs is 2. The highest BCUT2D eigenvalue weighted by atomic mass is 35.5. The predicted molar refractivity (Wildman–Crippen MR) is 139 cm³/mol. The second kappa shape index (κ2) is 8.64. The first-order valence-corrected chi connectivity index (χ1v) is 12.0. The fourth-order valence-corrected chi connectivity index (χ4v) is 5.30. The van der Waals surface area contributed by atoms with Crippen molar-refractivity contribution in [1.82, 2.24) is 9.97 Å². The monoisotopic (exact) mass is 475 g/mol. The third-order valence-corrected chi connectivity index (χ3v) is 6.75. The van der Waals surface area contributed by atoms with Gasteiger partial charge in [-0.1, -0.05) is 55.8 Å². The number of benzene rings is 2. The molecule has 1 unspecified atom stereocenters. The summed E-state index contributed by atoms with van der Waals surface area (Å²) in [5.74, 6) is 1.78. The molecule has 0 saturated heterocycles. The first kappa shape index (κ1) is 22.8. The maximum Gasteiger partial charge on any atom is 0.126 e. The van der Waals surface area contributed by atoms with Crippen LogP contribution in [0, 0.1) is 0 Å². The number of anilines is 1. The molecule has 0 spiro atoms. The van der Waals surface area contributed by atoms with Crippen molar-refractivity contribution in [1.29, 1.82) is 0 Å². The molecule has 34 heavy (non-hydrogen) atoms. The van der Waals surface area contributed by atoms with Crippen molar-refractivity contribution in [3.8, 4) is 17.0 Å². The van der Waals surface area contributed by atoms with Gasteiger partial charge >= 0.3 is 0 Å². The molecular formula is C28H30ClN3O2. The lowest BCUT2D eigenvalue weighted by molar-refractivity contribution is 0.0435. The van der Waals surface area contributed by atoms with Gasteiger partial charge in [-0.2, -0.15) is 0 Å². The van der Waals surface area contributed by atoms with Gasteiger partial charge in [0.1, 0.15) is 11.6 Å². The smallest absolute Gasteiger partial charge is 0.126 e.